The number of hydrogen-bond donors (Lipinski definition) is 2. The fourth-order valence-electron chi connectivity index (χ4n) is 3.95. The molecule has 1 aliphatic rings. The number of Topliss-reactive ketones (excluding diaryl/α,β-unsaturated/α-hetero) is 1. The minimum absolute atomic E-state index is 0.00353. The molecule has 0 aromatic heterocycles. The van der Waals surface area contributed by atoms with Gasteiger partial charge in [-0.05, 0) is 43.0 Å². The van der Waals surface area contributed by atoms with Crippen LogP contribution in [0.4, 0.5) is 5.69 Å². The molecule has 182 valence electrons. The van der Waals surface area contributed by atoms with Gasteiger partial charge >= 0.3 is 0 Å². The molecule has 8 heteroatoms. The molecule has 0 radical (unpaired) electrons. The van der Waals surface area contributed by atoms with E-state index in [1.165, 1.54) is 17.3 Å². The summed E-state index contributed by atoms with van der Waals surface area (Å²) in [5.41, 5.74) is 8.81. The van der Waals surface area contributed by atoms with Crippen molar-refractivity contribution in [3.05, 3.63) is 90.5 Å². The summed E-state index contributed by atoms with van der Waals surface area (Å²) in [5, 5.41) is 2.96. The summed E-state index contributed by atoms with van der Waals surface area (Å²) in [6, 6.07) is 16.3. The van der Waals surface area contributed by atoms with Gasteiger partial charge in [-0.1, -0.05) is 49.0 Å². The van der Waals surface area contributed by atoms with E-state index in [1.807, 2.05) is 49.4 Å². The van der Waals surface area contributed by atoms with Crippen molar-refractivity contribution in [1.29, 1.82) is 0 Å². The Kier molecular flexibility index (Phi) is 8.95. The van der Waals surface area contributed by atoms with E-state index < -0.39 is 6.04 Å². The van der Waals surface area contributed by atoms with Crippen LogP contribution in [0.5, 0.6) is 0 Å². The number of aliphatic imine (C=N–C) groups is 1. The maximum absolute atomic E-state index is 12.9. The maximum atomic E-state index is 12.9. The van der Waals surface area contributed by atoms with Gasteiger partial charge in [0.15, 0.2) is 11.6 Å². The van der Waals surface area contributed by atoms with Crippen molar-refractivity contribution in [2.75, 3.05) is 18.8 Å². The molecule has 35 heavy (non-hydrogen) atoms. The Bertz CT molecular complexity index is 1100. The van der Waals surface area contributed by atoms with Crippen LogP contribution >= 0.6 is 0 Å². The summed E-state index contributed by atoms with van der Waals surface area (Å²) in [5.74, 6) is 0.140. The largest absolute Gasteiger partial charge is 0.399 e. The normalized spacial score (nSPS) is 16.0. The van der Waals surface area contributed by atoms with Crippen molar-refractivity contribution < 1.29 is 14.4 Å². The lowest BCUT2D eigenvalue weighted by atomic mass is 10.1. The third-order valence-electron chi connectivity index (χ3n) is 5.84. The van der Waals surface area contributed by atoms with Gasteiger partial charge in [0.2, 0.25) is 12.3 Å². The average Bonchev–Trinajstić information content (AvgIpc) is 3.36. The van der Waals surface area contributed by atoms with Crippen molar-refractivity contribution in [3.8, 4) is 0 Å². The second kappa shape index (κ2) is 12.3. The molecule has 0 spiro atoms. The zero-order chi connectivity index (χ0) is 25.2. The number of nitrogens with two attached hydrogens (primary N) is 1. The number of nitrogens with one attached hydrogen (secondary N) is 1. The number of amides is 2. The molecular formula is C27H31N5O3. The van der Waals surface area contributed by atoms with Crippen molar-refractivity contribution in [1.82, 2.24) is 15.1 Å². The lowest BCUT2D eigenvalue weighted by Gasteiger charge is -2.24. The Morgan fingerprint density at radius 3 is 2.57 bits per heavy atom. The highest BCUT2D eigenvalue weighted by Crippen LogP contribution is 2.19. The molecule has 2 aromatic rings. The SMILES string of the molecule is C=CN(C=O)C(=C\NCC(=O)C1CCCN1C(=O)Cc1ccccc1)/N=C(\C)c1ccc(N)cc1. The summed E-state index contributed by atoms with van der Waals surface area (Å²) in [6.07, 6.45) is 5.12. The van der Waals surface area contributed by atoms with E-state index in [2.05, 4.69) is 16.9 Å². The number of likely N-dealkylation sites (tertiary alicyclic amines) is 1. The molecule has 1 unspecified atom stereocenters. The molecule has 1 saturated heterocycles. The van der Waals surface area contributed by atoms with Gasteiger partial charge in [-0.2, -0.15) is 0 Å². The molecule has 0 saturated carbocycles. The molecular weight excluding hydrogens is 442 g/mol. The zero-order valence-corrected chi connectivity index (χ0v) is 19.9. The number of hydrogen-bond acceptors (Lipinski definition) is 6. The van der Waals surface area contributed by atoms with Crippen LogP contribution in [0, 0.1) is 0 Å². The first-order valence-electron chi connectivity index (χ1n) is 11.5. The first kappa shape index (κ1) is 25.4. The highest BCUT2D eigenvalue weighted by atomic mass is 16.2. The predicted molar refractivity (Wildman–Crippen MR) is 137 cm³/mol. The number of nitrogen functional groups attached to an aromatic ring is 1. The lowest BCUT2D eigenvalue weighted by Crippen LogP contribution is -2.44. The van der Waals surface area contributed by atoms with Crippen LogP contribution in [-0.2, 0) is 20.8 Å². The van der Waals surface area contributed by atoms with Gasteiger partial charge < -0.3 is 16.0 Å². The second-order valence-corrected chi connectivity index (χ2v) is 8.27. The van der Waals surface area contributed by atoms with E-state index in [1.54, 1.807) is 17.0 Å². The minimum atomic E-state index is -0.461. The van der Waals surface area contributed by atoms with E-state index in [9.17, 15) is 14.4 Å². The highest BCUT2D eigenvalue weighted by molar-refractivity contribution is 5.99. The maximum Gasteiger partial charge on any atom is 0.227 e. The van der Waals surface area contributed by atoms with E-state index in [0.29, 0.717) is 30.8 Å². The summed E-state index contributed by atoms with van der Waals surface area (Å²) < 4.78 is 0. The number of ketones is 1. The first-order chi connectivity index (χ1) is 16.9. The number of carbonyl (C=O) groups is 3. The van der Waals surface area contributed by atoms with E-state index in [0.717, 1.165) is 17.5 Å². The van der Waals surface area contributed by atoms with Crippen LogP contribution in [0.25, 0.3) is 0 Å². The Balaban J connectivity index is 1.67. The molecule has 3 N–H and O–H groups in total. The molecule has 8 nitrogen and oxygen atoms in total. The number of carbonyl (C=O) groups excluding carboxylic acids is 3. The van der Waals surface area contributed by atoms with Gasteiger partial charge in [0, 0.05) is 30.3 Å². The molecule has 0 aliphatic carbocycles. The Morgan fingerprint density at radius 1 is 1.20 bits per heavy atom. The number of benzene rings is 2. The van der Waals surface area contributed by atoms with E-state index in [4.69, 9.17) is 5.73 Å². The van der Waals surface area contributed by atoms with Crippen molar-refractivity contribution in [3.63, 3.8) is 0 Å². The van der Waals surface area contributed by atoms with Crippen molar-refractivity contribution >= 4 is 29.5 Å². The van der Waals surface area contributed by atoms with Gasteiger partial charge in [-0.3, -0.25) is 19.3 Å². The van der Waals surface area contributed by atoms with Gasteiger partial charge in [0.1, 0.15) is 0 Å². The first-order valence-corrected chi connectivity index (χ1v) is 11.5. The van der Waals surface area contributed by atoms with Crippen LogP contribution in [0.2, 0.25) is 0 Å². The van der Waals surface area contributed by atoms with Crippen LogP contribution < -0.4 is 11.1 Å². The molecule has 2 amide bonds. The van der Waals surface area contributed by atoms with Gasteiger partial charge in [-0.25, -0.2) is 4.99 Å². The van der Waals surface area contributed by atoms with Crippen molar-refractivity contribution in [2.45, 2.75) is 32.2 Å². The Labute approximate surface area is 205 Å². The van der Waals surface area contributed by atoms with Gasteiger partial charge in [0.25, 0.3) is 0 Å². The molecule has 2 aromatic carbocycles. The predicted octanol–water partition coefficient (Wildman–Crippen LogP) is 2.87. The third kappa shape index (κ3) is 6.89. The standard InChI is InChI=1S/C27H31N5O3/c1-3-31(19-33)26(30-20(2)22-11-13-23(28)14-12-22)18-29-17-25(34)24-10-7-15-32(24)27(35)16-21-8-5-4-6-9-21/h3-6,8-9,11-14,18-19,24,29H,1,7,10,15-17,28H2,2H3/b26-18-,30-20+. The quantitative estimate of drug-likeness (QED) is 0.296. The lowest BCUT2D eigenvalue weighted by molar-refractivity contribution is -0.136. The molecule has 1 fully saturated rings. The van der Waals surface area contributed by atoms with Crippen LogP contribution in [0.15, 0.2) is 84.4 Å². The van der Waals surface area contributed by atoms with E-state index in [-0.39, 0.29) is 30.5 Å². The molecule has 3 rings (SSSR count). The minimum Gasteiger partial charge on any atom is -0.399 e. The van der Waals surface area contributed by atoms with Crippen LogP contribution in [-0.4, -0.2) is 52.7 Å². The van der Waals surface area contributed by atoms with Gasteiger partial charge in [-0.15, -0.1) is 0 Å². The summed E-state index contributed by atoms with van der Waals surface area (Å²) in [4.78, 5) is 44.7. The summed E-state index contributed by atoms with van der Waals surface area (Å²) >= 11 is 0. The van der Waals surface area contributed by atoms with Gasteiger partial charge in [0.05, 0.1) is 19.0 Å². The topological polar surface area (TPSA) is 108 Å². The molecule has 1 aliphatic heterocycles. The van der Waals surface area contributed by atoms with Crippen molar-refractivity contribution in [2.24, 2.45) is 4.99 Å². The summed E-state index contributed by atoms with van der Waals surface area (Å²) in [6.45, 7) is 6.03. The van der Waals surface area contributed by atoms with E-state index >= 15 is 0 Å². The number of nitrogens with zero attached hydrogens (tertiary/aromatic N) is 3. The van der Waals surface area contributed by atoms with Crippen LogP contribution in [0.1, 0.15) is 30.9 Å². The van der Waals surface area contributed by atoms with Crippen LogP contribution in [0.3, 0.4) is 0 Å². The Morgan fingerprint density at radius 2 is 1.91 bits per heavy atom. The number of anilines is 1. The molecule has 0 bridgehead atoms. The Hall–Kier alpha value is -4.20. The fourth-order valence-corrected chi connectivity index (χ4v) is 3.95. The molecule has 1 heterocycles. The average molecular weight is 474 g/mol. The second-order valence-electron chi connectivity index (χ2n) is 8.27. The molecule has 1 atom stereocenters. The number of rotatable bonds is 11. The smallest absolute Gasteiger partial charge is 0.227 e. The zero-order valence-electron chi connectivity index (χ0n) is 19.9. The highest BCUT2D eigenvalue weighted by Gasteiger charge is 2.33. The monoisotopic (exact) mass is 473 g/mol. The fraction of sp³-hybridized carbons (Fsp3) is 0.259. The summed E-state index contributed by atoms with van der Waals surface area (Å²) in [7, 11) is 0. The third-order valence-corrected chi connectivity index (χ3v) is 5.84.